The van der Waals surface area contributed by atoms with Crippen molar-refractivity contribution in [1.29, 1.82) is 0 Å². The van der Waals surface area contributed by atoms with Crippen LogP contribution in [0.1, 0.15) is 0 Å². The predicted molar refractivity (Wildman–Crippen MR) is 134 cm³/mol. The van der Waals surface area contributed by atoms with Crippen molar-refractivity contribution in [3.8, 4) is 0 Å². The summed E-state index contributed by atoms with van der Waals surface area (Å²) in [7, 11) is -39.3. The molecule has 0 aromatic carbocycles. The van der Waals surface area contributed by atoms with Gasteiger partial charge in [-0.3, -0.25) is 18.1 Å². The Kier molecular flexibility index (Phi) is 13.4. The number of phosphoric acid groups is 5. The first-order chi connectivity index (χ1) is 20.7. The normalized spacial score (nSPS) is 41.4. The monoisotopic (exact) mass is 822 g/mol. The molecule has 13 atom stereocenters. The molecule has 0 spiro atoms. The van der Waals surface area contributed by atoms with Gasteiger partial charge in [0.1, 0.15) is 67.1 Å². The van der Waals surface area contributed by atoms with Crippen LogP contribution in [-0.4, -0.2) is 158 Å². The highest BCUT2D eigenvalue weighted by atomic mass is 31.3. The molecular weight excluding hydrogens is 794 g/mol. The van der Waals surface area contributed by atoms with Crippen molar-refractivity contribution in [3.05, 3.63) is 0 Å². The van der Waals surface area contributed by atoms with E-state index in [1.807, 2.05) is 0 Å². The van der Waals surface area contributed by atoms with Gasteiger partial charge in [-0.1, -0.05) is 0 Å². The number of aliphatic hydroxyl groups excluding tert-OH is 9. The Morgan fingerprint density at radius 1 is 0.426 bits per heavy atom. The van der Waals surface area contributed by atoms with Crippen molar-refractivity contribution in [1.82, 2.24) is 0 Å². The van der Waals surface area contributed by atoms with Crippen LogP contribution < -0.4 is 0 Å². The molecule has 2 saturated carbocycles. The van der Waals surface area contributed by atoms with Crippen LogP contribution in [0.5, 0.6) is 0 Å². The lowest BCUT2D eigenvalue weighted by Gasteiger charge is -2.51. The van der Waals surface area contributed by atoms with Gasteiger partial charge in [0.25, 0.3) is 0 Å². The fourth-order valence-electron chi connectivity index (χ4n) is 4.19. The Balaban J connectivity index is 2.86. The maximum atomic E-state index is 13.8. The lowest BCUT2D eigenvalue weighted by atomic mass is 9.84. The summed E-state index contributed by atoms with van der Waals surface area (Å²) in [5, 5.41) is 87.3. The van der Waals surface area contributed by atoms with Crippen molar-refractivity contribution in [2.24, 2.45) is 0 Å². The molecule has 0 amide bonds. The average molecular weight is 822 g/mol. The first kappa shape index (κ1) is 43.6. The van der Waals surface area contributed by atoms with E-state index >= 15 is 0 Å². The molecule has 0 aliphatic heterocycles. The Bertz CT molecular complexity index is 1400. The highest BCUT2D eigenvalue weighted by molar-refractivity contribution is 7.66. The van der Waals surface area contributed by atoms with Gasteiger partial charge in [0.2, 0.25) is 5.34 Å². The Morgan fingerprint density at radius 3 is 1.13 bits per heavy atom. The Hall–Kier alpha value is 0.460. The number of aliphatic hydroxyl groups is 9. The van der Waals surface area contributed by atoms with Crippen LogP contribution in [0.2, 0.25) is 0 Å². The van der Waals surface area contributed by atoms with E-state index < -0.39 is 119 Å². The molecule has 2 aliphatic carbocycles. The zero-order valence-corrected chi connectivity index (χ0v) is 27.4. The van der Waals surface area contributed by atoms with Crippen molar-refractivity contribution < 1.29 is 139 Å². The SMILES string of the molecule is O=P(O)(O)OP(=O)(O)OC1C(O)C(O)C(O)C(O)C1OP(=O)(OC1(P(=O)(O)OP(=O)(O)O)C(O)C(O)C(O)C(O)C1O)OP(=O)(O)O. The summed E-state index contributed by atoms with van der Waals surface area (Å²) >= 11 is 0. The van der Waals surface area contributed by atoms with Crippen LogP contribution in [-0.2, 0) is 53.9 Å². The van der Waals surface area contributed by atoms with E-state index in [0.29, 0.717) is 0 Å². The van der Waals surface area contributed by atoms with Crippen LogP contribution in [0.3, 0.4) is 0 Å². The van der Waals surface area contributed by atoms with Crippen LogP contribution in [0.4, 0.5) is 0 Å². The number of phosphoric ester groups is 2. The summed E-state index contributed by atoms with van der Waals surface area (Å²) in [6.45, 7) is 0. The molecule has 13 unspecified atom stereocenters. The summed E-state index contributed by atoms with van der Waals surface area (Å²) in [5.74, 6) is 0. The lowest BCUT2D eigenvalue weighted by Crippen LogP contribution is -2.71. The summed E-state index contributed by atoms with van der Waals surface area (Å²) in [6.07, 6.45) is -34.2. The van der Waals surface area contributed by atoms with Crippen LogP contribution in [0.15, 0.2) is 0 Å². The minimum atomic E-state index is -7.07. The zero-order chi connectivity index (χ0) is 37.1. The minimum absolute atomic E-state index is 2.72. The van der Waals surface area contributed by atoms with E-state index in [1.54, 1.807) is 0 Å². The molecule has 2 aliphatic rings. The molecule has 17 N–H and O–H groups in total. The van der Waals surface area contributed by atoms with Crippen molar-refractivity contribution in [2.75, 3.05) is 0 Å². The summed E-state index contributed by atoms with van der Waals surface area (Å²) in [6, 6.07) is 0. The van der Waals surface area contributed by atoms with E-state index in [4.69, 9.17) is 19.6 Å². The number of hydrogen-bond donors (Lipinski definition) is 17. The van der Waals surface area contributed by atoms with E-state index in [1.165, 1.54) is 0 Å². The highest BCUT2D eigenvalue weighted by Gasteiger charge is 2.73. The first-order valence-corrected chi connectivity index (χ1v) is 20.6. The molecule has 0 bridgehead atoms. The first-order valence-electron chi connectivity index (χ1n) is 11.5. The maximum Gasteiger partial charge on any atom is 0.485 e. The molecule has 35 heteroatoms. The standard InChI is InChI=1S/C12H28O29P6/c13-1-2(14)5(17)9(8(4(1)16)36-46(33,34)40-44(27,28)29)37-47(35,41-45(30,31)32)38-12(42(22,23)39-43(24,25)26)10(20)6(18)3(15)7(19)11(12)21/h1-11,13-21H,(H,22,23)(H,33,34)(H2,24,25,26)(H2,27,28,29)(H2,30,31,32). The largest absolute Gasteiger partial charge is 0.485 e. The molecule has 0 saturated heterocycles. The molecule has 29 nitrogen and oxygen atoms in total. The van der Waals surface area contributed by atoms with Gasteiger partial charge in [0.05, 0.1) is 0 Å². The summed E-state index contributed by atoms with van der Waals surface area (Å²) < 4.78 is 97.2. The molecule has 280 valence electrons. The molecule has 2 fully saturated rings. The lowest BCUT2D eigenvalue weighted by molar-refractivity contribution is -0.244. The molecule has 0 radical (unpaired) electrons. The zero-order valence-electron chi connectivity index (χ0n) is 22.0. The Morgan fingerprint density at radius 2 is 0.766 bits per heavy atom. The van der Waals surface area contributed by atoms with Gasteiger partial charge in [-0.15, -0.1) is 0 Å². The second-order valence-corrected chi connectivity index (χ2v) is 18.5. The van der Waals surface area contributed by atoms with E-state index in [2.05, 4.69) is 26.5 Å². The third-order valence-corrected chi connectivity index (χ3v) is 14.3. The molecule has 0 aromatic rings. The van der Waals surface area contributed by atoms with Crippen LogP contribution in [0, 0.1) is 0 Å². The van der Waals surface area contributed by atoms with E-state index in [0.717, 1.165) is 0 Å². The highest BCUT2D eigenvalue weighted by Crippen LogP contribution is 2.75. The van der Waals surface area contributed by atoms with Crippen molar-refractivity contribution in [2.45, 2.75) is 72.5 Å². The van der Waals surface area contributed by atoms with Crippen LogP contribution in [0.25, 0.3) is 0 Å². The third-order valence-electron chi connectivity index (χ3n) is 6.08. The Labute approximate surface area is 258 Å². The van der Waals surface area contributed by atoms with Gasteiger partial charge >= 0.3 is 46.7 Å². The van der Waals surface area contributed by atoms with Gasteiger partial charge in [0, 0.05) is 0 Å². The van der Waals surface area contributed by atoms with Gasteiger partial charge in [0.15, 0.2) is 0 Å². The second kappa shape index (κ2) is 14.5. The van der Waals surface area contributed by atoms with Crippen LogP contribution >= 0.6 is 46.7 Å². The average Bonchev–Trinajstić information content (AvgIpc) is 2.84. The molecule has 0 heterocycles. The van der Waals surface area contributed by atoms with Crippen molar-refractivity contribution >= 4 is 46.7 Å². The third kappa shape index (κ3) is 10.1. The predicted octanol–water partition coefficient (Wildman–Crippen LogP) is -6.53. The smallest absolute Gasteiger partial charge is 0.387 e. The molecule has 0 aromatic heterocycles. The summed E-state index contributed by atoms with van der Waals surface area (Å²) in [4.78, 5) is 74.6. The number of hydrogen-bond acceptors (Lipinski definition) is 21. The van der Waals surface area contributed by atoms with Gasteiger partial charge in [-0.05, 0) is 0 Å². The topological polar surface area (TPSA) is 502 Å². The maximum absolute atomic E-state index is 13.8. The van der Waals surface area contributed by atoms with Gasteiger partial charge < -0.3 is 85.1 Å². The molecule has 2 rings (SSSR count). The quantitative estimate of drug-likeness (QED) is 0.0768. The van der Waals surface area contributed by atoms with Gasteiger partial charge in [-0.2, -0.15) is 8.62 Å². The minimum Gasteiger partial charge on any atom is -0.387 e. The fourth-order valence-corrected chi connectivity index (χ4v) is 11.8. The number of rotatable bonds is 13. The molecular formula is C12H28O29P6. The van der Waals surface area contributed by atoms with E-state index in [9.17, 15) is 92.9 Å². The van der Waals surface area contributed by atoms with Crippen molar-refractivity contribution in [3.63, 3.8) is 0 Å². The summed E-state index contributed by atoms with van der Waals surface area (Å²) in [5.41, 5.74) is 0. The van der Waals surface area contributed by atoms with E-state index in [-0.39, 0.29) is 0 Å². The fraction of sp³-hybridized carbons (Fsp3) is 1.00. The van der Waals surface area contributed by atoms with Gasteiger partial charge in [-0.25, -0.2) is 27.1 Å². The second-order valence-electron chi connectivity index (χ2n) is 9.46. The molecule has 47 heavy (non-hydrogen) atoms.